The maximum absolute atomic E-state index is 11.4. The second kappa shape index (κ2) is 3.86. The highest BCUT2D eigenvalue weighted by Gasteiger charge is 2.24. The molecule has 0 radical (unpaired) electrons. The van der Waals surface area contributed by atoms with Crippen molar-refractivity contribution in [1.29, 1.82) is 0 Å². The first-order chi connectivity index (χ1) is 4.86. The van der Waals surface area contributed by atoms with Crippen LogP contribution in [-0.2, 0) is 10.0 Å². The summed E-state index contributed by atoms with van der Waals surface area (Å²) in [6, 6.07) is 0. The average Bonchev–Trinajstić information content (AvgIpc) is 1.84. The molecule has 0 aliphatic heterocycles. The fourth-order valence-corrected chi connectivity index (χ4v) is 0.726. The summed E-state index contributed by atoms with van der Waals surface area (Å²) in [5.41, 5.74) is 0. The van der Waals surface area contributed by atoms with E-state index in [1.165, 1.54) is 0 Å². The van der Waals surface area contributed by atoms with Crippen LogP contribution >= 0.6 is 0 Å². The molecule has 0 atom stereocenters. The van der Waals surface area contributed by atoms with Gasteiger partial charge in [-0.25, -0.2) is 21.9 Å². The SMILES string of the molecule is O=S(=O)(NCC(F)F)C(F)F. The molecule has 0 fully saturated rings. The first kappa shape index (κ1) is 10.6. The van der Waals surface area contributed by atoms with E-state index in [0.717, 1.165) is 4.72 Å². The quantitative estimate of drug-likeness (QED) is 0.659. The van der Waals surface area contributed by atoms with Crippen molar-refractivity contribution >= 4 is 10.0 Å². The third kappa shape index (κ3) is 4.14. The highest BCUT2D eigenvalue weighted by Crippen LogP contribution is 2.01. The van der Waals surface area contributed by atoms with E-state index in [9.17, 15) is 26.0 Å². The maximum atomic E-state index is 11.4. The normalized spacial score (nSPS) is 12.9. The highest BCUT2D eigenvalue weighted by molar-refractivity contribution is 7.89. The average molecular weight is 195 g/mol. The van der Waals surface area contributed by atoms with Crippen LogP contribution in [0.5, 0.6) is 0 Å². The van der Waals surface area contributed by atoms with Crippen molar-refractivity contribution in [2.45, 2.75) is 12.2 Å². The third-order valence-corrected chi connectivity index (χ3v) is 1.71. The van der Waals surface area contributed by atoms with Crippen LogP contribution in [0.25, 0.3) is 0 Å². The second-order valence-electron chi connectivity index (χ2n) is 1.55. The van der Waals surface area contributed by atoms with E-state index in [-0.39, 0.29) is 0 Å². The fourth-order valence-electron chi connectivity index (χ4n) is 0.242. The molecule has 68 valence electrons. The number of nitrogens with one attached hydrogen (secondary N) is 1. The van der Waals surface area contributed by atoms with Crippen molar-refractivity contribution in [2.75, 3.05) is 6.54 Å². The lowest BCUT2D eigenvalue weighted by Crippen LogP contribution is -2.33. The largest absolute Gasteiger partial charge is 0.350 e. The van der Waals surface area contributed by atoms with E-state index < -0.39 is 28.8 Å². The summed E-state index contributed by atoms with van der Waals surface area (Å²) in [6.07, 6.45) is -2.97. The lowest BCUT2D eigenvalue weighted by Gasteiger charge is -2.03. The zero-order chi connectivity index (χ0) is 9.07. The van der Waals surface area contributed by atoms with Crippen LogP contribution in [0.3, 0.4) is 0 Å². The van der Waals surface area contributed by atoms with E-state index in [1.807, 2.05) is 0 Å². The van der Waals surface area contributed by atoms with Gasteiger partial charge in [-0.2, -0.15) is 8.78 Å². The predicted molar refractivity (Wildman–Crippen MR) is 28.9 cm³/mol. The Morgan fingerprint density at radius 3 is 1.91 bits per heavy atom. The van der Waals surface area contributed by atoms with Gasteiger partial charge in [-0.1, -0.05) is 0 Å². The molecular weight excluding hydrogens is 190 g/mol. The van der Waals surface area contributed by atoms with Gasteiger partial charge in [0.25, 0.3) is 16.4 Å². The van der Waals surface area contributed by atoms with E-state index in [1.54, 1.807) is 0 Å². The van der Waals surface area contributed by atoms with Crippen LogP contribution in [0, 0.1) is 0 Å². The summed E-state index contributed by atoms with van der Waals surface area (Å²) in [5.74, 6) is -3.67. The first-order valence-corrected chi connectivity index (χ1v) is 3.95. The summed E-state index contributed by atoms with van der Waals surface area (Å²) in [5, 5.41) is 0. The number of sulfonamides is 1. The van der Waals surface area contributed by atoms with Gasteiger partial charge in [0.2, 0.25) is 0 Å². The molecular formula is C3H5F4NO2S. The van der Waals surface area contributed by atoms with Crippen molar-refractivity contribution in [2.24, 2.45) is 0 Å². The molecule has 0 amide bonds. The van der Waals surface area contributed by atoms with E-state index in [0.29, 0.717) is 0 Å². The molecule has 0 aromatic rings. The van der Waals surface area contributed by atoms with Crippen molar-refractivity contribution in [3.63, 3.8) is 0 Å². The monoisotopic (exact) mass is 195 g/mol. The van der Waals surface area contributed by atoms with Crippen LogP contribution in [0.4, 0.5) is 17.6 Å². The minimum Gasteiger partial charge on any atom is -0.209 e. The summed E-state index contributed by atoms with van der Waals surface area (Å²) in [6.45, 7) is -1.29. The molecule has 0 saturated heterocycles. The zero-order valence-corrected chi connectivity index (χ0v) is 5.91. The third-order valence-electron chi connectivity index (χ3n) is 0.673. The van der Waals surface area contributed by atoms with Gasteiger partial charge in [0.1, 0.15) is 0 Å². The Balaban J connectivity index is 3.95. The molecule has 0 bridgehead atoms. The number of rotatable bonds is 4. The van der Waals surface area contributed by atoms with E-state index in [4.69, 9.17) is 0 Å². The summed E-state index contributed by atoms with van der Waals surface area (Å²) in [4.78, 5) is 0. The predicted octanol–water partition coefficient (Wildman–Crippen LogP) is 0.394. The van der Waals surface area contributed by atoms with Crippen LogP contribution in [-0.4, -0.2) is 27.1 Å². The van der Waals surface area contributed by atoms with Gasteiger partial charge in [0, 0.05) is 0 Å². The molecule has 1 N–H and O–H groups in total. The van der Waals surface area contributed by atoms with Crippen LogP contribution < -0.4 is 4.72 Å². The molecule has 0 saturated carbocycles. The summed E-state index contributed by atoms with van der Waals surface area (Å²) in [7, 11) is -4.86. The highest BCUT2D eigenvalue weighted by atomic mass is 32.2. The Morgan fingerprint density at radius 1 is 1.18 bits per heavy atom. The fraction of sp³-hybridized carbons (Fsp3) is 1.00. The minimum absolute atomic E-state index is 1.03. The van der Waals surface area contributed by atoms with Crippen molar-refractivity contribution in [3.8, 4) is 0 Å². The summed E-state index contributed by atoms with van der Waals surface area (Å²) >= 11 is 0. The Kier molecular flexibility index (Phi) is 3.73. The molecule has 0 heterocycles. The zero-order valence-electron chi connectivity index (χ0n) is 5.10. The van der Waals surface area contributed by atoms with Crippen LogP contribution in [0.15, 0.2) is 0 Å². The molecule has 0 aliphatic carbocycles. The molecule has 0 aliphatic rings. The van der Waals surface area contributed by atoms with Gasteiger partial charge >= 0.3 is 5.76 Å². The number of alkyl halides is 4. The van der Waals surface area contributed by atoms with Crippen LogP contribution in [0.2, 0.25) is 0 Å². The minimum atomic E-state index is -4.86. The molecule has 11 heavy (non-hydrogen) atoms. The Morgan fingerprint density at radius 2 is 1.64 bits per heavy atom. The van der Waals surface area contributed by atoms with E-state index in [2.05, 4.69) is 0 Å². The topological polar surface area (TPSA) is 46.2 Å². The molecule has 3 nitrogen and oxygen atoms in total. The molecule has 0 aromatic carbocycles. The molecule has 8 heteroatoms. The smallest absolute Gasteiger partial charge is 0.209 e. The van der Waals surface area contributed by atoms with Gasteiger partial charge in [-0.05, 0) is 0 Å². The van der Waals surface area contributed by atoms with Crippen molar-refractivity contribution in [1.82, 2.24) is 4.72 Å². The standard InChI is InChI=1S/C3H5F4NO2S/c4-2(5)1-8-11(9,10)3(6)7/h2-3,8H,1H2. The van der Waals surface area contributed by atoms with Crippen molar-refractivity contribution in [3.05, 3.63) is 0 Å². The first-order valence-electron chi connectivity index (χ1n) is 2.41. The van der Waals surface area contributed by atoms with Crippen LogP contribution in [0.1, 0.15) is 0 Å². The molecule has 0 spiro atoms. The Bertz CT molecular complexity index is 201. The molecule has 0 aromatic heterocycles. The summed E-state index contributed by atoms with van der Waals surface area (Å²) < 4.78 is 66.4. The van der Waals surface area contributed by atoms with Gasteiger partial charge in [-0.15, -0.1) is 0 Å². The van der Waals surface area contributed by atoms with Crippen molar-refractivity contribution < 1.29 is 26.0 Å². The Hall–Kier alpha value is -0.370. The lowest BCUT2D eigenvalue weighted by atomic mass is 10.7. The number of halogens is 4. The Labute approximate surface area is 60.4 Å². The second-order valence-corrected chi connectivity index (χ2v) is 3.28. The molecule has 0 rings (SSSR count). The number of hydrogen-bond acceptors (Lipinski definition) is 2. The van der Waals surface area contributed by atoms with Gasteiger partial charge in [0.15, 0.2) is 0 Å². The van der Waals surface area contributed by atoms with Gasteiger partial charge < -0.3 is 0 Å². The number of hydrogen-bond donors (Lipinski definition) is 1. The van der Waals surface area contributed by atoms with Gasteiger partial charge in [0.05, 0.1) is 6.54 Å². The molecule has 0 unspecified atom stereocenters. The maximum Gasteiger partial charge on any atom is 0.350 e. The van der Waals surface area contributed by atoms with E-state index >= 15 is 0 Å². The lowest BCUT2D eigenvalue weighted by molar-refractivity contribution is 0.151. The van der Waals surface area contributed by atoms with Gasteiger partial charge in [-0.3, -0.25) is 0 Å².